The average Bonchev–Trinajstić information content (AvgIpc) is 2.93. The molecule has 1 aliphatic carbocycles. The number of amides is 2. The first kappa shape index (κ1) is 23.9. The third-order valence-electron chi connectivity index (χ3n) is 6.84. The molecule has 3 aliphatic rings. The third-order valence-corrected chi connectivity index (χ3v) is 6.84. The number of esters is 1. The lowest BCUT2D eigenvalue weighted by Gasteiger charge is -2.30. The minimum atomic E-state index is -0.172. The minimum absolute atomic E-state index is 0. The number of nitrogens with one attached hydrogen (secondary N) is 1. The molecule has 2 amide bonds. The number of anilines is 1. The number of carbonyl (C=O) groups is 2. The van der Waals surface area contributed by atoms with Gasteiger partial charge in [0.1, 0.15) is 0 Å². The molecule has 0 spiro atoms. The van der Waals surface area contributed by atoms with Gasteiger partial charge in [0, 0.05) is 24.7 Å². The molecule has 7 heteroatoms. The van der Waals surface area contributed by atoms with E-state index >= 15 is 0 Å². The number of halogens is 1. The molecule has 1 saturated heterocycles. The first-order valence-electron chi connectivity index (χ1n) is 11.8. The quantitative estimate of drug-likeness (QED) is 0.664. The fourth-order valence-corrected chi connectivity index (χ4v) is 5.25. The van der Waals surface area contributed by atoms with Crippen molar-refractivity contribution in [3.05, 3.63) is 29.3 Å². The molecular formula is C24H36ClN3O3. The van der Waals surface area contributed by atoms with Crippen LogP contribution in [0.1, 0.15) is 63.0 Å². The average molecular weight is 450 g/mol. The lowest BCUT2D eigenvalue weighted by Crippen LogP contribution is -2.40. The Morgan fingerprint density at radius 3 is 2.61 bits per heavy atom. The van der Waals surface area contributed by atoms with E-state index in [1.165, 1.54) is 30.4 Å². The van der Waals surface area contributed by atoms with Crippen molar-refractivity contribution in [3.63, 3.8) is 0 Å². The number of urea groups is 1. The summed E-state index contributed by atoms with van der Waals surface area (Å²) in [6.07, 6.45) is 8.90. The van der Waals surface area contributed by atoms with Crippen LogP contribution < -0.4 is 10.2 Å². The fourth-order valence-electron chi connectivity index (χ4n) is 5.25. The van der Waals surface area contributed by atoms with Gasteiger partial charge in [-0.15, -0.1) is 12.4 Å². The van der Waals surface area contributed by atoms with Crippen molar-refractivity contribution < 1.29 is 14.3 Å². The van der Waals surface area contributed by atoms with E-state index in [1.54, 1.807) is 0 Å². The van der Waals surface area contributed by atoms with Crippen LogP contribution in [-0.4, -0.2) is 55.2 Å². The number of nitrogens with zero attached hydrogens (tertiary/aromatic N) is 2. The van der Waals surface area contributed by atoms with Crippen molar-refractivity contribution in [3.8, 4) is 0 Å². The topological polar surface area (TPSA) is 61.9 Å². The van der Waals surface area contributed by atoms with Crippen molar-refractivity contribution in [1.29, 1.82) is 0 Å². The molecule has 2 fully saturated rings. The van der Waals surface area contributed by atoms with Crippen LogP contribution in [-0.2, 0) is 22.4 Å². The smallest absolute Gasteiger partial charge is 0.325 e. The second-order valence-electron chi connectivity index (χ2n) is 8.80. The molecule has 6 nitrogen and oxygen atoms in total. The summed E-state index contributed by atoms with van der Waals surface area (Å²) in [4.78, 5) is 29.6. The zero-order valence-corrected chi connectivity index (χ0v) is 19.4. The molecule has 0 radical (unpaired) electrons. The Morgan fingerprint density at radius 1 is 1.13 bits per heavy atom. The Hall–Kier alpha value is -1.79. The monoisotopic (exact) mass is 449 g/mol. The van der Waals surface area contributed by atoms with Crippen LogP contribution in [0.2, 0.25) is 0 Å². The van der Waals surface area contributed by atoms with Gasteiger partial charge in [0.05, 0.1) is 12.6 Å². The van der Waals surface area contributed by atoms with Gasteiger partial charge in [0.15, 0.2) is 0 Å². The molecule has 1 unspecified atom stereocenters. The molecule has 172 valence electrons. The molecule has 1 aromatic rings. The molecule has 2 aliphatic heterocycles. The normalized spacial score (nSPS) is 22.0. The zero-order chi connectivity index (χ0) is 20.9. The molecule has 1 atom stereocenters. The molecule has 0 bridgehead atoms. The first-order chi connectivity index (χ1) is 14.7. The van der Waals surface area contributed by atoms with Crippen molar-refractivity contribution in [2.24, 2.45) is 0 Å². The number of carbonyl (C=O) groups excluding carboxylic acids is 2. The van der Waals surface area contributed by atoms with Crippen LogP contribution >= 0.6 is 12.4 Å². The number of fused-ring (bicyclic) bond motifs is 1. The van der Waals surface area contributed by atoms with Crippen molar-refractivity contribution >= 4 is 30.1 Å². The number of hydrogen-bond acceptors (Lipinski definition) is 4. The van der Waals surface area contributed by atoms with Crippen LogP contribution in [0.15, 0.2) is 18.2 Å². The van der Waals surface area contributed by atoms with Crippen molar-refractivity contribution in [1.82, 2.24) is 10.2 Å². The van der Waals surface area contributed by atoms with Gasteiger partial charge in [-0.2, -0.15) is 0 Å². The predicted molar refractivity (Wildman–Crippen MR) is 125 cm³/mol. The van der Waals surface area contributed by atoms with E-state index in [2.05, 4.69) is 28.4 Å². The molecular weight excluding hydrogens is 414 g/mol. The second-order valence-corrected chi connectivity index (χ2v) is 8.80. The van der Waals surface area contributed by atoms with Crippen LogP contribution in [0.25, 0.3) is 0 Å². The Kier molecular flexibility index (Phi) is 8.61. The van der Waals surface area contributed by atoms with E-state index in [1.807, 2.05) is 11.8 Å². The molecule has 31 heavy (non-hydrogen) atoms. The molecule has 1 N–H and O–H groups in total. The number of benzene rings is 1. The van der Waals surface area contributed by atoms with Crippen LogP contribution in [0.4, 0.5) is 10.5 Å². The van der Waals surface area contributed by atoms with E-state index < -0.39 is 0 Å². The summed E-state index contributed by atoms with van der Waals surface area (Å²) in [6.45, 7) is 4.93. The minimum Gasteiger partial charge on any atom is -0.466 e. The van der Waals surface area contributed by atoms with E-state index in [0.717, 1.165) is 44.5 Å². The van der Waals surface area contributed by atoms with E-state index in [-0.39, 0.29) is 30.4 Å². The summed E-state index contributed by atoms with van der Waals surface area (Å²) in [7, 11) is 0. The molecule has 0 aromatic heterocycles. The molecule has 1 saturated carbocycles. The Balaban J connectivity index is 0.00000272. The van der Waals surface area contributed by atoms with Gasteiger partial charge in [0.2, 0.25) is 0 Å². The molecule has 4 rings (SSSR count). The standard InChI is InChI=1S/C24H35N3O3.ClH/c1-2-30-23(28)11-10-22-17-26(20-6-4-3-5-7-20)24(29)27(22)21-9-8-18-12-14-25-15-13-19(18)16-21;/h8-9,16,20,22,25H,2-7,10-15,17H2,1H3;1H. The molecule has 1 aromatic carbocycles. The predicted octanol–water partition coefficient (Wildman–Crippen LogP) is 4.08. The van der Waals surface area contributed by atoms with Gasteiger partial charge >= 0.3 is 12.0 Å². The van der Waals surface area contributed by atoms with Gasteiger partial charge in [0.25, 0.3) is 0 Å². The maximum atomic E-state index is 13.5. The van der Waals surface area contributed by atoms with E-state index in [4.69, 9.17) is 4.74 Å². The second kappa shape index (κ2) is 11.2. The summed E-state index contributed by atoms with van der Waals surface area (Å²) in [5, 5.41) is 3.46. The maximum absolute atomic E-state index is 13.5. The Labute approximate surface area is 192 Å². The highest BCUT2D eigenvalue weighted by Crippen LogP contribution is 2.34. The summed E-state index contributed by atoms with van der Waals surface area (Å²) >= 11 is 0. The summed E-state index contributed by atoms with van der Waals surface area (Å²) in [5.41, 5.74) is 3.70. The SMILES string of the molecule is CCOC(=O)CCC1CN(C2CCCCC2)C(=O)N1c1ccc2c(c1)CCNCC2.Cl. The molecule has 2 heterocycles. The largest absolute Gasteiger partial charge is 0.466 e. The number of rotatable bonds is 6. The Bertz CT molecular complexity index is 766. The van der Waals surface area contributed by atoms with Gasteiger partial charge in [-0.3, -0.25) is 9.69 Å². The summed E-state index contributed by atoms with van der Waals surface area (Å²) in [6, 6.07) is 6.97. The summed E-state index contributed by atoms with van der Waals surface area (Å²) < 4.78 is 5.14. The number of hydrogen-bond donors (Lipinski definition) is 1. The lowest BCUT2D eigenvalue weighted by molar-refractivity contribution is -0.143. The van der Waals surface area contributed by atoms with Gasteiger partial charge in [-0.25, -0.2) is 4.79 Å². The van der Waals surface area contributed by atoms with E-state index in [0.29, 0.717) is 32.0 Å². The Morgan fingerprint density at radius 2 is 1.87 bits per heavy atom. The lowest BCUT2D eigenvalue weighted by atomic mass is 9.94. The van der Waals surface area contributed by atoms with Crippen molar-refractivity contribution in [2.75, 3.05) is 31.1 Å². The summed E-state index contributed by atoms with van der Waals surface area (Å²) in [5.74, 6) is -0.172. The van der Waals surface area contributed by atoms with Gasteiger partial charge in [-0.05, 0) is 75.4 Å². The first-order valence-corrected chi connectivity index (χ1v) is 11.8. The van der Waals surface area contributed by atoms with Crippen LogP contribution in [0.3, 0.4) is 0 Å². The fraction of sp³-hybridized carbons (Fsp3) is 0.667. The van der Waals surface area contributed by atoms with Crippen LogP contribution in [0.5, 0.6) is 0 Å². The highest BCUT2D eigenvalue weighted by atomic mass is 35.5. The van der Waals surface area contributed by atoms with Crippen LogP contribution in [0, 0.1) is 0 Å². The zero-order valence-electron chi connectivity index (χ0n) is 18.6. The van der Waals surface area contributed by atoms with Gasteiger partial charge < -0.3 is 15.0 Å². The highest BCUT2D eigenvalue weighted by molar-refractivity contribution is 5.95. The number of ether oxygens (including phenoxy) is 1. The van der Waals surface area contributed by atoms with Crippen molar-refractivity contribution in [2.45, 2.75) is 76.8 Å². The van der Waals surface area contributed by atoms with E-state index in [9.17, 15) is 9.59 Å². The maximum Gasteiger partial charge on any atom is 0.325 e. The highest BCUT2D eigenvalue weighted by Gasteiger charge is 2.41. The van der Waals surface area contributed by atoms with Gasteiger partial charge in [-0.1, -0.05) is 25.3 Å². The third kappa shape index (κ3) is 5.53.